The number of rotatable bonds is 4. The summed E-state index contributed by atoms with van der Waals surface area (Å²) in [7, 11) is 0. The topological polar surface area (TPSA) is 77.7 Å². The average molecular weight is 518 g/mol. The molecule has 1 aliphatic heterocycles. The molecular weight excluding hydrogens is 495 g/mol. The van der Waals surface area contributed by atoms with Crippen LogP contribution in [-0.2, 0) is 4.74 Å². The summed E-state index contributed by atoms with van der Waals surface area (Å²) in [6.45, 7) is 6.62. The predicted octanol–water partition coefficient (Wildman–Crippen LogP) is 5.68. The Labute approximate surface area is 181 Å². The molecule has 0 atom stereocenters. The molecule has 2 rings (SSSR count). The van der Waals surface area contributed by atoms with Gasteiger partial charge in [-0.3, -0.25) is 5.43 Å². The zero-order chi connectivity index (χ0) is 20.9. The second kappa shape index (κ2) is 9.70. The zero-order valence-corrected chi connectivity index (χ0v) is 19.2. The molecule has 6 nitrogen and oxygen atoms in total. The number of carbonyl (C=O) groups is 1. The fourth-order valence-electron chi connectivity index (χ4n) is 2.85. The highest BCUT2D eigenvalue weighted by atomic mass is 79.9. The lowest BCUT2D eigenvalue weighted by molar-refractivity contribution is 0.0201. The van der Waals surface area contributed by atoms with Crippen molar-refractivity contribution in [3.05, 3.63) is 26.9 Å². The maximum Gasteiger partial charge on any atom is 0.410 e. The van der Waals surface area contributed by atoms with Crippen molar-refractivity contribution < 1.29 is 13.9 Å². The van der Waals surface area contributed by atoms with Gasteiger partial charge in [-0.05, 0) is 77.6 Å². The minimum Gasteiger partial charge on any atom is -0.444 e. The third kappa shape index (κ3) is 6.45. The Hall–Kier alpha value is -1.66. The largest absolute Gasteiger partial charge is 0.444 e. The lowest BCUT2D eigenvalue weighted by Crippen LogP contribution is -2.43. The van der Waals surface area contributed by atoms with Crippen LogP contribution in [0.5, 0.6) is 0 Å². The van der Waals surface area contributed by atoms with E-state index in [2.05, 4.69) is 48.5 Å². The van der Waals surface area contributed by atoms with E-state index in [1.165, 1.54) is 12.1 Å². The van der Waals surface area contributed by atoms with E-state index in [0.29, 0.717) is 40.6 Å². The van der Waals surface area contributed by atoms with Gasteiger partial charge in [0.25, 0.3) is 0 Å². The molecule has 1 aromatic rings. The number of amides is 1. The van der Waals surface area contributed by atoms with Crippen LogP contribution in [0.25, 0.3) is 0 Å². The normalized spacial score (nSPS) is 15.9. The van der Waals surface area contributed by atoms with Crippen molar-refractivity contribution in [2.24, 2.45) is 11.0 Å². The second-order valence-electron chi connectivity index (χ2n) is 7.54. The van der Waals surface area contributed by atoms with Gasteiger partial charge < -0.3 is 9.64 Å². The van der Waals surface area contributed by atoms with E-state index < -0.39 is 5.60 Å². The van der Waals surface area contributed by atoms with Crippen LogP contribution in [0.15, 0.2) is 26.2 Å². The number of benzene rings is 1. The van der Waals surface area contributed by atoms with Gasteiger partial charge in [-0.1, -0.05) is 0 Å². The number of carbonyl (C=O) groups excluding carboxylic acids is 1. The summed E-state index contributed by atoms with van der Waals surface area (Å²) < 4.78 is 19.9. The summed E-state index contributed by atoms with van der Waals surface area (Å²) >= 11 is 6.61. The molecule has 0 bridgehead atoms. The highest BCUT2D eigenvalue weighted by molar-refractivity contribution is 9.11. The highest BCUT2D eigenvalue weighted by Gasteiger charge is 2.29. The Kier molecular flexibility index (Phi) is 7.84. The Morgan fingerprint density at radius 2 is 1.93 bits per heavy atom. The van der Waals surface area contributed by atoms with E-state index in [-0.39, 0.29) is 24.2 Å². The lowest BCUT2D eigenvalue weighted by Gasteiger charge is -2.33. The molecule has 28 heavy (non-hydrogen) atoms. The van der Waals surface area contributed by atoms with Crippen molar-refractivity contribution in [2.45, 2.75) is 45.6 Å². The third-order valence-electron chi connectivity index (χ3n) is 4.20. The molecule has 0 spiro atoms. The zero-order valence-electron chi connectivity index (χ0n) is 16.1. The van der Waals surface area contributed by atoms with Crippen LogP contribution in [0.3, 0.4) is 0 Å². The number of likely N-dealkylation sites (tertiary alicyclic amines) is 1. The van der Waals surface area contributed by atoms with Gasteiger partial charge >= 0.3 is 6.09 Å². The molecule has 1 saturated heterocycles. The monoisotopic (exact) mass is 516 g/mol. The third-order valence-corrected chi connectivity index (χ3v) is 5.45. The molecule has 9 heteroatoms. The van der Waals surface area contributed by atoms with Crippen molar-refractivity contribution in [3.8, 4) is 6.07 Å². The van der Waals surface area contributed by atoms with Gasteiger partial charge in [0.1, 0.15) is 11.4 Å². The van der Waals surface area contributed by atoms with Gasteiger partial charge in [0.2, 0.25) is 0 Å². The Balaban J connectivity index is 2.05. The number of nitrogens with zero attached hydrogens (tertiary/aromatic N) is 3. The second-order valence-corrected chi connectivity index (χ2v) is 9.24. The molecule has 1 heterocycles. The van der Waals surface area contributed by atoms with Crippen LogP contribution in [0.2, 0.25) is 0 Å². The average Bonchev–Trinajstić information content (AvgIpc) is 2.58. The van der Waals surface area contributed by atoms with Crippen LogP contribution < -0.4 is 5.43 Å². The maximum atomic E-state index is 13.4. The van der Waals surface area contributed by atoms with E-state index in [1.54, 1.807) is 4.90 Å². The summed E-state index contributed by atoms with van der Waals surface area (Å²) in [5.41, 5.74) is 3.70. The standard InChI is InChI=1S/C19H23Br2FN4O2/c1-19(2,3)28-18(27)26-8-5-12(6-9-26)16(4-7-23)24-25-17-14(20)10-13(22)11-15(17)21/h10-12,25H,4-6,8-9H2,1-3H3. The number of piperidine rings is 1. The first kappa shape index (κ1) is 22.6. The summed E-state index contributed by atoms with van der Waals surface area (Å²) in [6, 6.07) is 4.82. The molecule has 152 valence electrons. The van der Waals surface area contributed by atoms with E-state index in [4.69, 9.17) is 10.00 Å². The lowest BCUT2D eigenvalue weighted by atomic mass is 9.90. The number of hydrazone groups is 1. The summed E-state index contributed by atoms with van der Waals surface area (Å²) in [5.74, 6) is -0.288. The van der Waals surface area contributed by atoms with Crippen molar-refractivity contribution in [1.82, 2.24) is 4.90 Å². The van der Waals surface area contributed by atoms with E-state index in [0.717, 1.165) is 5.71 Å². The molecular formula is C19H23Br2FN4O2. The number of ether oxygens (including phenoxy) is 1. The SMILES string of the molecule is CC(C)(C)OC(=O)N1CCC(C(CC#N)=NNc2c(Br)cc(F)cc2Br)CC1. The molecule has 1 aliphatic rings. The molecule has 1 aromatic carbocycles. The van der Waals surface area contributed by atoms with Crippen molar-refractivity contribution >= 4 is 49.4 Å². The Morgan fingerprint density at radius 3 is 2.43 bits per heavy atom. The molecule has 0 aromatic heterocycles. The molecule has 1 N–H and O–H groups in total. The number of anilines is 1. The van der Waals surface area contributed by atoms with Gasteiger partial charge in [-0.15, -0.1) is 0 Å². The number of hydrogen-bond acceptors (Lipinski definition) is 5. The summed E-state index contributed by atoms with van der Waals surface area (Å²) in [4.78, 5) is 13.9. The predicted molar refractivity (Wildman–Crippen MR) is 114 cm³/mol. The summed E-state index contributed by atoms with van der Waals surface area (Å²) in [5, 5.41) is 13.6. The fraction of sp³-hybridized carbons (Fsp3) is 0.526. The van der Waals surface area contributed by atoms with Gasteiger partial charge in [-0.25, -0.2) is 9.18 Å². The van der Waals surface area contributed by atoms with Crippen LogP contribution >= 0.6 is 31.9 Å². The van der Waals surface area contributed by atoms with Crippen LogP contribution in [0.4, 0.5) is 14.9 Å². The minimum absolute atomic E-state index is 0.0869. The number of hydrogen-bond donors (Lipinski definition) is 1. The first-order valence-corrected chi connectivity index (χ1v) is 10.5. The van der Waals surface area contributed by atoms with E-state index in [9.17, 15) is 9.18 Å². The molecule has 1 amide bonds. The summed E-state index contributed by atoms with van der Waals surface area (Å²) in [6.07, 6.45) is 1.27. The molecule has 0 aliphatic carbocycles. The molecule has 0 unspecified atom stereocenters. The van der Waals surface area contributed by atoms with Gasteiger partial charge in [0.15, 0.2) is 0 Å². The van der Waals surface area contributed by atoms with Crippen molar-refractivity contribution in [2.75, 3.05) is 18.5 Å². The first-order valence-electron chi connectivity index (χ1n) is 8.92. The number of nitrogens with one attached hydrogen (secondary N) is 1. The quantitative estimate of drug-likeness (QED) is 0.411. The minimum atomic E-state index is -0.527. The fourth-order valence-corrected chi connectivity index (χ4v) is 4.16. The number of nitriles is 1. The van der Waals surface area contributed by atoms with Crippen LogP contribution in [0, 0.1) is 23.1 Å². The van der Waals surface area contributed by atoms with E-state index in [1.807, 2.05) is 20.8 Å². The molecule has 0 radical (unpaired) electrons. The molecule has 0 saturated carbocycles. The van der Waals surface area contributed by atoms with Gasteiger partial charge in [0, 0.05) is 28.0 Å². The van der Waals surface area contributed by atoms with Crippen LogP contribution in [0.1, 0.15) is 40.0 Å². The first-order chi connectivity index (χ1) is 13.1. The smallest absolute Gasteiger partial charge is 0.410 e. The van der Waals surface area contributed by atoms with Crippen LogP contribution in [-0.4, -0.2) is 35.4 Å². The van der Waals surface area contributed by atoms with E-state index >= 15 is 0 Å². The van der Waals surface area contributed by atoms with Crippen molar-refractivity contribution in [3.63, 3.8) is 0 Å². The number of halogens is 3. The van der Waals surface area contributed by atoms with Crippen molar-refractivity contribution in [1.29, 1.82) is 5.26 Å². The Morgan fingerprint density at radius 1 is 1.36 bits per heavy atom. The van der Waals surface area contributed by atoms with Gasteiger partial charge in [-0.2, -0.15) is 10.4 Å². The Bertz CT molecular complexity index is 771. The highest BCUT2D eigenvalue weighted by Crippen LogP contribution is 2.32. The maximum absolute atomic E-state index is 13.4. The molecule has 1 fully saturated rings. The van der Waals surface area contributed by atoms with Gasteiger partial charge in [0.05, 0.1) is 23.9 Å².